The van der Waals surface area contributed by atoms with Crippen LogP contribution in [0.3, 0.4) is 0 Å². The Balaban J connectivity index is 2.65. The van der Waals surface area contributed by atoms with Crippen molar-refractivity contribution in [1.29, 1.82) is 0 Å². The van der Waals surface area contributed by atoms with Crippen molar-refractivity contribution < 1.29 is 9.00 Å². The third-order valence-electron chi connectivity index (χ3n) is 2.00. The first-order valence-corrected chi connectivity index (χ1v) is 6.91. The predicted octanol–water partition coefficient (Wildman–Crippen LogP) is 3.47. The van der Waals surface area contributed by atoms with E-state index in [2.05, 4.69) is 0 Å². The number of carbonyl (C=O) groups excluding carboxylic acids is 1. The molecule has 0 saturated heterocycles. The van der Waals surface area contributed by atoms with Crippen LogP contribution in [0.15, 0.2) is 23.1 Å². The van der Waals surface area contributed by atoms with Crippen molar-refractivity contribution in [1.82, 2.24) is 0 Å². The number of hydrogen-bond donors (Lipinski definition) is 0. The highest BCUT2D eigenvalue weighted by atomic mass is 35.5. The second-order valence-corrected chi connectivity index (χ2v) is 5.81. The molecular weight excluding hydrogens is 267 g/mol. The molecule has 0 amide bonds. The maximum absolute atomic E-state index is 11.9. The third kappa shape index (κ3) is 4.24. The predicted molar refractivity (Wildman–Crippen MR) is 67.7 cm³/mol. The van der Waals surface area contributed by atoms with E-state index >= 15 is 0 Å². The fourth-order valence-electron chi connectivity index (χ4n) is 1.21. The summed E-state index contributed by atoms with van der Waals surface area (Å²) < 4.78 is 11.9. The number of carbonyl (C=O) groups is 1. The highest BCUT2D eigenvalue weighted by molar-refractivity contribution is 7.85. The van der Waals surface area contributed by atoms with Gasteiger partial charge in [-0.25, -0.2) is 0 Å². The molecule has 1 unspecified atom stereocenters. The molecule has 16 heavy (non-hydrogen) atoms. The fourth-order valence-corrected chi connectivity index (χ4v) is 3.00. The molecule has 0 spiro atoms. The summed E-state index contributed by atoms with van der Waals surface area (Å²) in [6.45, 7) is 1.52. The summed E-state index contributed by atoms with van der Waals surface area (Å²) in [5, 5.41) is 0.963. The minimum absolute atomic E-state index is 0.106. The van der Waals surface area contributed by atoms with Crippen LogP contribution in [0.25, 0.3) is 0 Å². The summed E-state index contributed by atoms with van der Waals surface area (Å²) in [6.07, 6.45) is 1.05. The van der Waals surface area contributed by atoms with Gasteiger partial charge in [0.2, 0.25) is 0 Å². The lowest BCUT2D eigenvalue weighted by Gasteiger charge is -2.04. The highest BCUT2D eigenvalue weighted by Crippen LogP contribution is 2.24. The Labute approximate surface area is 107 Å². The Morgan fingerprint density at radius 3 is 2.69 bits per heavy atom. The molecule has 0 aromatic heterocycles. The average molecular weight is 279 g/mol. The number of hydrogen-bond acceptors (Lipinski definition) is 2. The maximum atomic E-state index is 11.9. The molecule has 88 valence electrons. The number of halogens is 2. The molecule has 1 aromatic carbocycles. The standard InChI is InChI=1S/C11H12Cl2O2S/c1-8(14)3-2-6-16(15)11-7-9(12)4-5-10(11)13/h4-5,7H,2-3,6H2,1H3. The molecule has 0 aliphatic carbocycles. The van der Waals surface area contributed by atoms with Crippen LogP contribution in [-0.4, -0.2) is 15.7 Å². The average Bonchev–Trinajstić information content (AvgIpc) is 2.21. The van der Waals surface area contributed by atoms with Crippen LogP contribution in [0.4, 0.5) is 0 Å². The fraction of sp³-hybridized carbons (Fsp3) is 0.364. The van der Waals surface area contributed by atoms with Gasteiger partial charge in [-0.3, -0.25) is 4.21 Å². The van der Waals surface area contributed by atoms with Crippen molar-refractivity contribution in [3.05, 3.63) is 28.2 Å². The van der Waals surface area contributed by atoms with Gasteiger partial charge in [0.25, 0.3) is 0 Å². The van der Waals surface area contributed by atoms with Crippen LogP contribution in [0, 0.1) is 0 Å². The van der Waals surface area contributed by atoms with E-state index in [4.69, 9.17) is 23.2 Å². The van der Waals surface area contributed by atoms with Crippen molar-refractivity contribution in [2.24, 2.45) is 0 Å². The van der Waals surface area contributed by atoms with Crippen molar-refractivity contribution in [3.63, 3.8) is 0 Å². The smallest absolute Gasteiger partial charge is 0.129 e. The lowest BCUT2D eigenvalue weighted by Crippen LogP contribution is -2.01. The van der Waals surface area contributed by atoms with Gasteiger partial charge in [0, 0.05) is 17.2 Å². The molecular formula is C11H12Cl2O2S. The van der Waals surface area contributed by atoms with Gasteiger partial charge in [0.05, 0.1) is 20.7 Å². The van der Waals surface area contributed by atoms with Crippen LogP contribution in [0.2, 0.25) is 10.0 Å². The topological polar surface area (TPSA) is 34.1 Å². The van der Waals surface area contributed by atoms with E-state index in [9.17, 15) is 9.00 Å². The van der Waals surface area contributed by atoms with Crippen LogP contribution in [0.5, 0.6) is 0 Å². The minimum Gasteiger partial charge on any atom is -0.300 e. The Kier molecular flexibility index (Phi) is 5.46. The third-order valence-corrected chi connectivity index (χ3v) is 4.16. The van der Waals surface area contributed by atoms with E-state index in [1.165, 1.54) is 6.92 Å². The SMILES string of the molecule is CC(=O)CCCS(=O)c1cc(Cl)ccc1Cl. The van der Waals surface area contributed by atoms with E-state index in [0.717, 1.165) is 0 Å². The molecule has 0 fully saturated rings. The minimum atomic E-state index is -1.19. The normalized spacial score (nSPS) is 12.4. The molecule has 0 aliphatic heterocycles. The summed E-state index contributed by atoms with van der Waals surface area (Å²) in [7, 11) is -1.19. The quantitative estimate of drug-likeness (QED) is 0.827. The molecule has 0 bridgehead atoms. The van der Waals surface area contributed by atoms with Crippen molar-refractivity contribution >= 4 is 39.8 Å². The molecule has 1 atom stereocenters. The van der Waals surface area contributed by atoms with Gasteiger partial charge in [-0.15, -0.1) is 0 Å². The van der Waals surface area contributed by atoms with Gasteiger partial charge < -0.3 is 4.79 Å². The first kappa shape index (κ1) is 13.7. The Morgan fingerprint density at radius 2 is 2.06 bits per heavy atom. The van der Waals surface area contributed by atoms with Crippen molar-refractivity contribution in [2.45, 2.75) is 24.7 Å². The second kappa shape index (κ2) is 6.38. The van der Waals surface area contributed by atoms with E-state index in [0.29, 0.717) is 33.5 Å². The Morgan fingerprint density at radius 1 is 1.38 bits per heavy atom. The van der Waals surface area contributed by atoms with Crippen LogP contribution in [-0.2, 0) is 15.6 Å². The molecule has 1 aromatic rings. The molecule has 0 N–H and O–H groups in total. The summed E-state index contributed by atoms with van der Waals surface area (Å²) >= 11 is 11.7. The van der Waals surface area contributed by atoms with Gasteiger partial charge in [-0.1, -0.05) is 23.2 Å². The lowest BCUT2D eigenvalue weighted by molar-refractivity contribution is -0.117. The lowest BCUT2D eigenvalue weighted by atomic mass is 10.3. The number of ketones is 1. The summed E-state index contributed by atoms with van der Waals surface area (Å²) in [6, 6.07) is 4.88. The first-order chi connectivity index (χ1) is 7.50. The zero-order valence-corrected chi connectivity index (χ0v) is 11.2. The van der Waals surface area contributed by atoms with Gasteiger partial charge >= 0.3 is 0 Å². The molecule has 0 aliphatic rings. The van der Waals surface area contributed by atoms with E-state index in [1.807, 2.05) is 0 Å². The van der Waals surface area contributed by atoms with E-state index in [1.54, 1.807) is 18.2 Å². The number of rotatable bonds is 5. The summed E-state index contributed by atoms with van der Waals surface area (Å²) in [5.74, 6) is 0.536. The molecule has 5 heteroatoms. The molecule has 1 rings (SSSR count). The second-order valence-electron chi connectivity index (χ2n) is 3.43. The summed E-state index contributed by atoms with van der Waals surface area (Å²) in [5.41, 5.74) is 0. The van der Waals surface area contributed by atoms with Crippen LogP contribution in [0.1, 0.15) is 19.8 Å². The largest absolute Gasteiger partial charge is 0.300 e. The number of benzene rings is 1. The molecule has 2 nitrogen and oxygen atoms in total. The zero-order valence-electron chi connectivity index (χ0n) is 8.83. The van der Waals surface area contributed by atoms with Crippen molar-refractivity contribution in [3.8, 4) is 0 Å². The summed E-state index contributed by atoms with van der Waals surface area (Å²) in [4.78, 5) is 11.3. The van der Waals surface area contributed by atoms with E-state index < -0.39 is 10.8 Å². The Hall–Kier alpha value is -0.380. The number of Topliss-reactive ketones (excluding diaryl/α,β-unsaturated/α-hetero) is 1. The van der Waals surface area contributed by atoms with Crippen LogP contribution >= 0.6 is 23.2 Å². The van der Waals surface area contributed by atoms with Crippen LogP contribution < -0.4 is 0 Å². The molecule has 0 heterocycles. The maximum Gasteiger partial charge on any atom is 0.129 e. The van der Waals surface area contributed by atoms with E-state index in [-0.39, 0.29) is 5.78 Å². The van der Waals surface area contributed by atoms with Gasteiger partial charge in [0.15, 0.2) is 0 Å². The van der Waals surface area contributed by atoms with Gasteiger partial charge in [-0.2, -0.15) is 0 Å². The van der Waals surface area contributed by atoms with Gasteiger partial charge in [0.1, 0.15) is 5.78 Å². The van der Waals surface area contributed by atoms with Gasteiger partial charge in [-0.05, 0) is 31.5 Å². The zero-order chi connectivity index (χ0) is 12.1. The Bertz CT molecular complexity index is 418. The first-order valence-electron chi connectivity index (χ1n) is 4.83. The molecule has 0 saturated carbocycles. The van der Waals surface area contributed by atoms with Crippen molar-refractivity contribution in [2.75, 3.05) is 5.75 Å². The highest BCUT2D eigenvalue weighted by Gasteiger charge is 2.09. The monoisotopic (exact) mass is 278 g/mol. The molecule has 0 radical (unpaired) electrons.